The lowest BCUT2D eigenvalue weighted by Crippen LogP contribution is -2.37. The number of ether oxygens (including phenoxy) is 2. The Morgan fingerprint density at radius 1 is 1.52 bits per heavy atom. The minimum absolute atomic E-state index is 0.105. The van der Waals surface area contributed by atoms with Gasteiger partial charge in [-0.2, -0.15) is 0 Å². The number of nitrogens with one attached hydrogen (secondary N) is 1. The number of carboxylic acids is 1. The zero-order valence-electron chi connectivity index (χ0n) is 11.7. The van der Waals surface area contributed by atoms with Gasteiger partial charge in [0.05, 0.1) is 6.54 Å². The van der Waals surface area contributed by atoms with E-state index in [0.717, 1.165) is 19.3 Å². The summed E-state index contributed by atoms with van der Waals surface area (Å²) in [5, 5.41) is 11.3. The van der Waals surface area contributed by atoms with Crippen LogP contribution in [0.2, 0.25) is 0 Å². The largest absolute Gasteiger partial charge is 0.479 e. The molecule has 2 rings (SSSR count). The Morgan fingerprint density at radius 3 is 2.86 bits per heavy atom. The maximum atomic E-state index is 12.0. The van der Waals surface area contributed by atoms with Crippen LogP contribution in [0, 0.1) is 0 Å². The molecule has 7 heteroatoms. The molecule has 2 N–H and O–H groups in total. The Bertz CT molecular complexity index is 516. The topological polar surface area (TPSA) is 97.8 Å². The van der Waals surface area contributed by atoms with Crippen molar-refractivity contribution >= 4 is 11.9 Å². The number of aliphatic carboxylic acids is 1. The van der Waals surface area contributed by atoms with Gasteiger partial charge in [0.15, 0.2) is 6.10 Å². The second-order valence-electron chi connectivity index (χ2n) is 4.83. The van der Waals surface area contributed by atoms with Crippen LogP contribution in [0.15, 0.2) is 18.3 Å². The van der Waals surface area contributed by atoms with E-state index in [4.69, 9.17) is 14.6 Å². The summed E-state index contributed by atoms with van der Waals surface area (Å²) in [5.41, 5.74) is 0.375. The highest BCUT2D eigenvalue weighted by molar-refractivity contribution is 5.94. The van der Waals surface area contributed by atoms with Crippen molar-refractivity contribution in [3.05, 3.63) is 23.9 Å². The fraction of sp³-hybridized carbons (Fsp3) is 0.500. The van der Waals surface area contributed by atoms with Crippen molar-refractivity contribution in [3.63, 3.8) is 0 Å². The number of carboxylic acid groups (broad SMARTS) is 1. The predicted molar refractivity (Wildman–Crippen MR) is 73.3 cm³/mol. The molecule has 0 spiro atoms. The number of carbonyl (C=O) groups excluding carboxylic acids is 1. The lowest BCUT2D eigenvalue weighted by molar-refractivity contribution is -0.148. The Kier molecular flexibility index (Phi) is 5.10. The van der Waals surface area contributed by atoms with E-state index in [9.17, 15) is 9.59 Å². The van der Waals surface area contributed by atoms with Gasteiger partial charge in [-0.05, 0) is 25.3 Å². The average molecular weight is 294 g/mol. The molecular formula is C14H18N2O5. The number of hydrogen-bond acceptors (Lipinski definition) is 5. The number of nitrogens with zero attached hydrogens (tertiary/aromatic N) is 1. The summed E-state index contributed by atoms with van der Waals surface area (Å²) in [4.78, 5) is 26.8. The van der Waals surface area contributed by atoms with Crippen LogP contribution in [0.3, 0.4) is 0 Å². The Balaban J connectivity index is 1.92. The van der Waals surface area contributed by atoms with E-state index in [-0.39, 0.29) is 18.6 Å². The van der Waals surface area contributed by atoms with E-state index >= 15 is 0 Å². The summed E-state index contributed by atoms with van der Waals surface area (Å²) in [7, 11) is 1.28. The SMILES string of the molecule is COC(CNC(=O)c1ccnc(OC2CCC2)c1)C(=O)O. The summed E-state index contributed by atoms with van der Waals surface area (Å²) in [6.07, 6.45) is 3.77. The molecule has 1 saturated carbocycles. The highest BCUT2D eigenvalue weighted by Crippen LogP contribution is 2.24. The number of hydrogen-bond donors (Lipinski definition) is 2. The highest BCUT2D eigenvalue weighted by atomic mass is 16.5. The minimum Gasteiger partial charge on any atom is -0.479 e. The van der Waals surface area contributed by atoms with E-state index in [1.807, 2.05) is 0 Å². The van der Waals surface area contributed by atoms with Crippen LogP contribution in [0.25, 0.3) is 0 Å². The molecule has 1 unspecified atom stereocenters. The van der Waals surface area contributed by atoms with Crippen LogP contribution in [0.1, 0.15) is 29.6 Å². The maximum Gasteiger partial charge on any atom is 0.334 e. The van der Waals surface area contributed by atoms with E-state index < -0.39 is 12.1 Å². The molecule has 21 heavy (non-hydrogen) atoms. The molecule has 1 aliphatic carbocycles. The summed E-state index contributed by atoms with van der Waals surface area (Å²) >= 11 is 0. The van der Waals surface area contributed by atoms with Crippen molar-refractivity contribution in [2.75, 3.05) is 13.7 Å². The monoisotopic (exact) mass is 294 g/mol. The molecule has 1 fully saturated rings. The van der Waals surface area contributed by atoms with E-state index in [0.29, 0.717) is 11.4 Å². The molecule has 0 aromatic carbocycles. The Labute approximate surface area is 122 Å². The molecule has 1 aromatic rings. The number of methoxy groups -OCH3 is 1. The first-order valence-electron chi connectivity index (χ1n) is 6.76. The molecule has 7 nitrogen and oxygen atoms in total. The lowest BCUT2D eigenvalue weighted by Gasteiger charge is -2.25. The molecular weight excluding hydrogens is 276 g/mol. The van der Waals surface area contributed by atoms with Gasteiger partial charge in [-0.1, -0.05) is 0 Å². The molecule has 0 radical (unpaired) electrons. The van der Waals surface area contributed by atoms with Gasteiger partial charge in [-0.3, -0.25) is 4.79 Å². The van der Waals surface area contributed by atoms with Crippen LogP contribution >= 0.6 is 0 Å². The second kappa shape index (κ2) is 7.03. The minimum atomic E-state index is -1.12. The summed E-state index contributed by atoms with van der Waals surface area (Å²) in [6.45, 7) is -0.105. The first-order valence-corrected chi connectivity index (χ1v) is 6.76. The van der Waals surface area contributed by atoms with Gasteiger partial charge in [0, 0.05) is 24.9 Å². The number of aromatic nitrogens is 1. The first kappa shape index (κ1) is 15.2. The lowest BCUT2D eigenvalue weighted by atomic mass is 9.96. The molecule has 1 aromatic heterocycles. The smallest absolute Gasteiger partial charge is 0.334 e. The van der Waals surface area contributed by atoms with Crippen LogP contribution < -0.4 is 10.1 Å². The number of carbonyl (C=O) groups is 2. The van der Waals surface area contributed by atoms with Crippen molar-refractivity contribution in [2.45, 2.75) is 31.5 Å². The first-order chi connectivity index (χ1) is 10.1. The van der Waals surface area contributed by atoms with Crippen molar-refractivity contribution in [3.8, 4) is 5.88 Å². The molecule has 114 valence electrons. The van der Waals surface area contributed by atoms with Crippen molar-refractivity contribution in [1.82, 2.24) is 10.3 Å². The zero-order valence-corrected chi connectivity index (χ0v) is 11.7. The maximum absolute atomic E-state index is 12.0. The molecule has 0 saturated heterocycles. The Morgan fingerprint density at radius 2 is 2.29 bits per heavy atom. The van der Waals surface area contributed by atoms with E-state index in [2.05, 4.69) is 10.3 Å². The van der Waals surface area contributed by atoms with Crippen molar-refractivity contribution in [1.29, 1.82) is 0 Å². The third-order valence-corrected chi connectivity index (χ3v) is 3.34. The standard InChI is InChI=1S/C14H18N2O5/c1-20-11(14(18)19)8-16-13(17)9-5-6-15-12(7-9)21-10-3-2-4-10/h5-7,10-11H,2-4,8H2,1H3,(H,16,17)(H,18,19). The van der Waals surface area contributed by atoms with E-state index in [1.165, 1.54) is 13.3 Å². The third kappa shape index (κ3) is 4.16. The molecule has 1 atom stereocenters. The normalized spacial score (nSPS) is 15.9. The predicted octanol–water partition coefficient (Wildman–Crippen LogP) is 0.842. The van der Waals surface area contributed by atoms with Crippen LogP contribution in [0.4, 0.5) is 0 Å². The third-order valence-electron chi connectivity index (χ3n) is 3.34. The van der Waals surface area contributed by atoms with Crippen LogP contribution in [-0.4, -0.2) is 47.8 Å². The molecule has 1 amide bonds. The fourth-order valence-electron chi connectivity index (χ4n) is 1.83. The van der Waals surface area contributed by atoms with Crippen LogP contribution in [-0.2, 0) is 9.53 Å². The van der Waals surface area contributed by atoms with Gasteiger partial charge in [0.1, 0.15) is 6.10 Å². The zero-order chi connectivity index (χ0) is 15.2. The highest BCUT2D eigenvalue weighted by Gasteiger charge is 2.21. The van der Waals surface area contributed by atoms with Gasteiger partial charge < -0.3 is 19.9 Å². The number of rotatable bonds is 7. The number of amides is 1. The van der Waals surface area contributed by atoms with Gasteiger partial charge in [0.25, 0.3) is 5.91 Å². The summed E-state index contributed by atoms with van der Waals surface area (Å²) in [6, 6.07) is 3.10. The van der Waals surface area contributed by atoms with Crippen LogP contribution in [0.5, 0.6) is 5.88 Å². The average Bonchev–Trinajstić information content (AvgIpc) is 2.43. The molecule has 1 heterocycles. The molecule has 1 aliphatic rings. The number of pyridine rings is 1. The van der Waals surface area contributed by atoms with Gasteiger partial charge in [-0.25, -0.2) is 9.78 Å². The summed E-state index contributed by atoms with van der Waals surface area (Å²) < 4.78 is 10.4. The van der Waals surface area contributed by atoms with Gasteiger partial charge in [-0.15, -0.1) is 0 Å². The van der Waals surface area contributed by atoms with Gasteiger partial charge in [0.2, 0.25) is 5.88 Å². The quantitative estimate of drug-likeness (QED) is 0.773. The molecule has 0 bridgehead atoms. The second-order valence-corrected chi connectivity index (χ2v) is 4.83. The van der Waals surface area contributed by atoms with Crippen molar-refractivity contribution in [2.24, 2.45) is 0 Å². The fourth-order valence-corrected chi connectivity index (χ4v) is 1.83. The van der Waals surface area contributed by atoms with Crippen molar-refractivity contribution < 1.29 is 24.2 Å². The van der Waals surface area contributed by atoms with Gasteiger partial charge >= 0.3 is 5.97 Å². The van der Waals surface area contributed by atoms with E-state index in [1.54, 1.807) is 12.1 Å². The Hall–Kier alpha value is -2.15. The summed E-state index contributed by atoms with van der Waals surface area (Å²) in [5.74, 6) is -1.10. The molecule has 0 aliphatic heterocycles.